The van der Waals surface area contributed by atoms with E-state index in [9.17, 15) is 4.79 Å². The van der Waals surface area contributed by atoms with Crippen molar-refractivity contribution in [2.45, 2.75) is 31.8 Å². The Morgan fingerprint density at radius 2 is 1.74 bits per heavy atom. The minimum Gasteiger partial charge on any atom is -0.461 e. The van der Waals surface area contributed by atoms with Gasteiger partial charge in [0.1, 0.15) is 11.3 Å². The average Bonchev–Trinajstić information content (AvgIpc) is 3.47. The summed E-state index contributed by atoms with van der Waals surface area (Å²) in [6.07, 6.45) is 3.31. The van der Waals surface area contributed by atoms with E-state index >= 15 is 0 Å². The largest absolute Gasteiger partial charge is 0.461 e. The Labute approximate surface area is 199 Å². The van der Waals surface area contributed by atoms with Crippen molar-refractivity contribution in [2.24, 2.45) is 0 Å². The van der Waals surface area contributed by atoms with Gasteiger partial charge >= 0.3 is 0 Å². The zero-order valence-corrected chi connectivity index (χ0v) is 19.3. The number of benzene rings is 3. The first kappa shape index (κ1) is 22.0. The summed E-state index contributed by atoms with van der Waals surface area (Å²) in [5.41, 5.74) is 4.18. The quantitative estimate of drug-likeness (QED) is 0.276. The molecule has 3 N–H and O–H groups in total. The lowest BCUT2D eigenvalue weighted by Gasteiger charge is -2.21. The minimum absolute atomic E-state index is 0.00811. The third-order valence-corrected chi connectivity index (χ3v) is 6.31. The Kier molecular flexibility index (Phi) is 6.45. The molecule has 3 aromatic carbocycles. The van der Waals surface area contributed by atoms with E-state index in [2.05, 4.69) is 33.8 Å². The maximum absolute atomic E-state index is 13.4. The molecule has 0 unspecified atom stereocenters. The van der Waals surface area contributed by atoms with Gasteiger partial charge in [-0.2, -0.15) is 0 Å². The van der Waals surface area contributed by atoms with Gasteiger partial charge in [0.15, 0.2) is 0 Å². The van der Waals surface area contributed by atoms with Crippen molar-refractivity contribution in [1.82, 2.24) is 15.6 Å². The number of hydrogen-bond donors (Lipinski definition) is 3. The monoisotopic (exact) mass is 451 g/mol. The number of fused-ring (bicyclic) bond motifs is 2. The van der Waals surface area contributed by atoms with Crippen LogP contribution in [0, 0.1) is 0 Å². The fourth-order valence-electron chi connectivity index (χ4n) is 4.45. The number of rotatable bonds is 9. The van der Waals surface area contributed by atoms with Crippen molar-refractivity contribution in [1.29, 1.82) is 0 Å². The van der Waals surface area contributed by atoms with Gasteiger partial charge in [-0.25, -0.2) is 0 Å². The Hall–Kier alpha value is -3.83. The van der Waals surface area contributed by atoms with Crippen molar-refractivity contribution < 1.29 is 9.21 Å². The summed E-state index contributed by atoms with van der Waals surface area (Å²) in [6, 6.07) is 27.9. The van der Waals surface area contributed by atoms with E-state index in [1.54, 1.807) is 0 Å². The molecule has 0 fully saturated rings. The molecule has 34 heavy (non-hydrogen) atoms. The van der Waals surface area contributed by atoms with Gasteiger partial charge in [0.2, 0.25) is 5.91 Å². The maximum atomic E-state index is 13.4. The Bertz CT molecular complexity index is 1350. The highest BCUT2D eigenvalue weighted by molar-refractivity contribution is 5.86. The van der Waals surface area contributed by atoms with Crippen LogP contribution in [0.15, 0.2) is 95.5 Å². The molecule has 5 aromatic rings. The second-order valence-corrected chi connectivity index (χ2v) is 8.71. The minimum atomic E-state index is -0.366. The van der Waals surface area contributed by atoms with Crippen molar-refractivity contribution in [3.8, 4) is 0 Å². The molecule has 0 saturated heterocycles. The van der Waals surface area contributed by atoms with Gasteiger partial charge in [0.25, 0.3) is 0 Å². The molecule has 2 heterocycles. The third-order valence-electron chi connectivity index (χ3n) is 6.31. The molecule has 0 radical (unpaired) electrons. The molecule has 0 saturated carbocycles. The van der Waals surface area contributed by atoms with E-state index < -0.39 is 0 Å². The second kappa shape index (κ2) is 9.98. The van der Waals surface area contributed by atoms with Gasteiger partial charge in [-0.05, 0) is 42.7 Å². The Balaban J connectivity index is 1.30. The van der Waals surface area contributed by atoms with Gasteiger partial charge in [-0.15, -0.1) is 0 Å². The van der Waals surface area contributed by atoms with Crippen LogP contribution in [-0.4, -0.2) is 23.5 Å². The highest BCUT2D eigenvalue weighted by Gasteiger charge is 2.22. The van der Waals surface area contributed by atoms with Crippen LogP contribution in [-0.2, 0) is 17.6 Å². The van der Waals surface area contributed by atoms with Crippen molar-refractivity contribution in [3.05, 3.63) is 108 Å². The number of hydrogen-bond acceptors (Lipinski definition) is 3. The standard InChI is InChI=1S/C29H29N3O2/c1-20(21-9-3-2-4-10-21)32-29(33)27(18-23-19-31-26-13-7-6-12-25(23)26)30-16-15-24-17-22-11-5-8-14-28(22)34-24/h2-14,17,19-20,27,30-31H,15-16,18H2,1H3,(H,32,33)/t20-,27+/m0/s1. The number of carbonyl (C=O) groups is 1. The average molecular weight is 452 g/mol. The lowest BCUT2D eigenvalue weighted by atomic mass is 10.0. The number of aromatic nitrogens is 1. The zero-order chi connectivity index (χ0) is 23.3. The summed E-state index contributed by atoms with van der Waals surface area (Å²) < 4.78 is 5.95. The van der Waals surface area contributed by atoms with Crippen LogP contribution in [0.5, 0.6) is 0 Å². The topological polar surface area (TPSA) is 70.1 Å². The Morgan fingerprint density at radius 1 is 0.971 bits per heavy atom. The number of amides is 1. The molecule has 172 valence electrons. The fraction of sp³-hybridized carbons (Fsp3) is 0.207. The summed E-state index contributed by atoms with van der Waals surface area (Å²) in [4.78, 5) is 16.7. The lowest BCUT2D eigenvalue weighted by Crippen LogP contribution is -2.46. The van der Waals surface area contributed by atoms with Crippen LogP contribution in [0.3, 0.4) is 0 Å². The molecule has 1 amide bonds. The zero-order valence-electron chi connectivity index (χ0n) is 19.3. The molecular formula is C29H29N3O2. The van der Waals surface area contributed by atoms with Crippen LogP contribution >= 0.6 is 0 Å². The van der Waals surface area contributed by atoms with Crippen LogP contribution in [0.4, 0.5) is 0 Å². The van der Waals surface area contributed by atoms with Crippen molar-refractivity contribution >= 4 is 27.8 Å². The predicted molar refractivity (Wildman–Crippen MR) is 137 cm³/mol. The predicted octanol–water partition coefficient (Wildman–Crippen LogP) is 5.53. The molecule has 0 bridgehead atoms. The number of furan rings is 1. The second-order valence-electron chi connectivity index (χ2n) is 8.71. The summed E-state index contributed by atoms with van der Waals surface area (Å²) in [5, 5.41) is 8.93. The molecule has 0 aliphatic heterocycles. The van der Waals surface area contributed by atoms with Gasteiger partial charge in [0, 0.05) is 35.5 Å². The van der Waals surface area contributed by atoms with Gasteiger partial charge in [-0.3, -0.25) is 4.79 Å². The lowest BCUT2D eigenvalue weighted by molar-refractivity contribution is -0.123. The fourth-order valence-corrected chi connectivity index (χ4v) is 4.45. The first-order valence-electron chi connectivity index (χ1n) is 11.8. The number of H-pyrrole nitrogens is 1. The van der Waals surface area contributed by atoms with Crippen molar-refractivity contribution in [3.63, 3.8) is 0 Å². The molecule has 0 aliphatic carbocycles. The number of aromatic amines is 1. The third kappa shape index (κ3) is 4.90. The summed E-state index contributed by atoms with van der Waals surface area (Å²) >= 11 is 0. The van der Waals surface area contributed by atoms with E-state index in [0.717, 1.165) is 38.8 Å². The smallest absolute Gasteiger partial charge is 0.237 e. The summed E-state index contributed by atoms with van der Waals surface area (Å²) in [5.74, 6) is 0.906. The molecule has 5 heteroatoms. The van der Waals surface area contributed by atoms with E-state index in [1.807, 2.05) is 79.9 Å². The molecule has 2 aromatic heterocycles. The van der Waals surface area contributed by atoms with Crippen LogP contribution < -0.4 is 10.6 Å². The van der Waals surface area contributed by atoms with Crippen LogP contribution in [0.1, 0.15) is 29.9 Å². The molecule has 5 nitrogen and oxygen atoms in total. The first-order valence-corrected chi connectivity index (χ1v) is 11.8. The van der Waals surface area contributed by atoms with E-state index in [0.29, 0.717) is 19.4 Å². The molecule has 0 spiro atoms. The molecule has 0 aliphatic rings. The Morgan fingerprint density at radius 3 is 2.59 bits per heavy atom. The maximum Gasteiger partial charge on any atom is 0.237 e. The van der Waals surface area contributed by atoms with E-state index in [1.165, 1.54) is 0 Å². The number of para-hydroxylation sites is 2. The normalized spacial score (nSPS) is 13.2. The molecule has 2 atom stereocenters. The van der Waals surface area contributed by atoms with Gasteiger partial charge in [0.05, 0.1) is 12.1 Å². The number of nitrogens with one attached hydrogen (secondary N) is 3. The summed E-state index contributed by atoms with van der Waals surface area (Å²) in [6.45, 7) is 2.66. The SMILES string of the molecule is C[C@H](NC(=O)[C@@H](Cc1c[nH]c2ccccc12)NCCc1cc2ccccc2o1)c1ccccc1. The number of carbonyl (C=O) groups excluding carboxylic acids is 1. The highest BCUT2D eigenvalue weighted by Crippen LogP contribution is 2.21. The summed E-state index contributed by atoms with van der Waals surface area (Å²) in [7, 11) is 0. The van der Waals surface area contributed by atoms with Crippen LogP contribution in [0.25, 0.3) is 21.9 Å². The van der Waals surface area contributed by atoms with Crippen LogP contribution in [0.2, 0.25) is 0 Å². The van der Waals surface area contributed by atoms with E-state index in [-0.39, 0.29) is 18.0 Å². The van der Waals surface area contributed by atoms with Gasteiger partial charge in [-0.1, -0.05) is 66.7 Å². The van der Waals surface area contributed by atoms with E-state index in [4.69, 9.17) is 4.42 Å². The highest BCUT2D eigenvalue weighted by atomic mass is 16.3. The van der Waals surface area contributed by atoms with Gasteiger partial charge < -0.3 is 20.0 Å². The molecular weight excluding hydrogens is 422 g/mol. The first-order chi connectivity index (χ1) is 16.7. The molecule has 5 rings (SSSR count). The van der Waals surface area contributed by atoms with Crippen molar-refractivity contribution in [2.75, 3.05) is 6.54 Å².